The maximum absolute atomic E-state index is 12.6. The number of hydrogen-bond acceptors (Lipinski definition) is 8. The highest BCUT2D eigenvalue weighted by atomic mass is 19.4. The number of anilines is 4. The molecule has 0 atom stereocenters. The molecule has 1 saturated heterocycles. The molecule has 3 heterocycles. The highest BCUT2D eigenvalue weighted by Crippen LogP contribution is 2.28. The number of pyridine rings is 1. The van der Waals surface area contributed by atoms with Crippen LogP contribution in [-0.4, -0.2) is 52.5 Å². The van der Waals surface area contributed by atoms with Crippen LogP contribution in [0.1, 0.15) is 25.7 Å². The van der Waals surface area contributed by atoms with Crippen LogP contribution in [0.3, 0.4) is 0 Å². The summed E-state index contributed by atoms with van der Waals surface area (Å²) < 4.78 is 47.6. The molecule has 0 saturated carbocycles. The van der Waals surface area contributed by atoms with Crippen LogP contribution in [0, 0.1) is 0 Å². The molecular formula is C28H29F3N6O2. The van der Waals surface area contributed by atoms with Crippen molar-refractivity contribution in [1.29, 1.82) is 0 Å². The molecule has 0 amide bonds. The molecular weight excluding hydrogens is 509 g/mol. The number of hydrogen-bond donors (Lipinski definition) is 2. The Morgan fingerprint density at radius 2 is 1.64 bits per heavy atom. The number of aromatic nitrogens is 3. The van der Waals surface area contributed by atoms with Gasteiger partial charge in [-0.3, -0.25) is 4.98 Å². The summed E-state index contributed by atoms with van der Waals surface area (Å²) in [5.74, 6) is 1.37. The lowest BCUT2D eigenvalue weighted by Crippen LogP contribution is -2.31. The van der Waals surface area contributed by atoms with Crippen molar-refractivity contribution in [3.63, 3.8) is 0 Å². The molecule has 1 aliphatic heterocycles. The fourth-order valence-corrected chi connectivity index (χ4v) is 4.44. The van der Waals surface area contributed by atoms with Gasteiger partial charge >= 0.3 is 6.36 Å². The first-order valence-electron chi connectivity index (χ1n) is 12.9. The Morgan fingerprint density at radius 1 is 0.846 bits per heavy atom. The molecule has 39 heavy (non-hydrogen) atoms. The average Bonchev–Trinajstić information content (AvgIpc) is 2.92. The lowest BCUT2D eigenvalue weighted by Gasteiger charge is -2.26. The summed E-state index contributed by atoms with van der Waals surface area (Å²) in [6.07, 6.45) is 3.35. The monoisotopic (exact) mass is 538 g/mol. The zero-order valence-electron chi connectivity index (χ0n) is 21.2. The van der Waals surface area contributed by atoms with Crippen molar-refractivity contribution in [2.24, 2.45) is 0 Å². The first kappa shape index (κ1) is 26.5. The van der Waals surface area contributed by atoms with Crippen molar-refractivity contribution in [1.82, 2.24) is 19.9 Å². The third-order valence-corrected chi connectivity index (χ3v) is 6.26. The van der Waals surface area contributed by atoms with E-state index in [0.717, 1.165) is 24.4 Å². The maximum Gasteiger partial charge on any atom is 0.573 e. The van der Waals surface area contributed by atoms with Crippen LogP contribution in [0.4, 0.5) is 36.3 Å². The Bertz CT molecular complexity index is 1380. The number of alkyl halides is 3. The molecule has 5 rings (SSSR count). The molecule has 0 radical (unpaired) electrons. The number of ether oxygens (including phenoxy) is 2. The lowest BCUT2D eigenvalue weighted by molar-refractivity contribution is -0.274. The largest absolute Gasteiger partial charge is 0.573 e. The van der Waals surface area contributed by atoms with Gasteiger partial charge in [0.05, 0.1) is 24.0 Å². The number of benzene rings is 2. The van der Waals surface area contributed by atoms with E-state index in [1.54, 1.807) is 24.5 Å². The van der Waals surface area contributed by atoms with Crippen LogP contribution in [0.15, 0.2) is 67.0 Å². The molecule has 2 aromatic carbocycles. The normalized spacial score (nSPS) is 14.2. The van der Waals surface area contributed by atoms with Gasteiger partial charge in [0.25, 0.3) is 0 Å². The van der Waals surface area contributed by atoms with E-state index < -0.39 is 6.36 Å². The molecule has 0 bridgehead atoms. The molecule has 2 aromatic heterocycles. The van der Waals surface area contributed by atoms with Gasteiger partial charge in [0.2, 0.25) is 5.95 Å². The molecule has 8 nitrogen and oxygen atoms in total. The first-order valence-corrected chi connectivity index (χ1v) is 12.9. The molecule has 0 aliphatic carbocycles. The van der Waals surface area contributed by atoms with Gasteiger partial charge in [-0.15, -0.1) is 13.2 Å². The Labute approximate surface area is 224 Å². The van der Waals surface area contributed by atoms with Crippen LogP contribution < -0.4 is 20.1 Å². The van der Waals surface area contributed by atoms with Gasteiger partial charge in [-0.05, 0) is 86.9 Å². The Balaban J connectivity index is 1.15. The fourth-order valence-electron chi connectivity index (χ4n) is 4.44. The van der Waals surface area contributed by atoms with E-state index in [-0.39, 0.29) is 5.75 Å². The summed E-state index contributed by atoms with van der Waals surface area (Å²) in [4.78, 5) is 15.5. The van der Waals surface area contributed by atoms with Crippen LogP contribution in [0.2, 0.25) is 0 Å². The Kier molecular flexibility index (Phi) is 8.26. The summed E-state index contributed by atoms with van der Waals surface area (Å²) in [6.45, 7) is 4.14. The fraction of sp³-hybridized carbons (Fsp3) is 0.321. The van der Waals surface area contributed by atoms with Gasteiger partial charge in [-0.25, -0.2) is 4.98 Å². The highest BCUT2D eigenvalue weighted by molar-refractivity contribution is 5.83. The molecule has 11 heteroatoms. The summed E-state index contributed by atoms with van der Waals surface area (Å²) >= 11 is 0. The van der Waals surface area contributed by atoms with E-state index in [1.807, 2.05) is 24.3 Å². The second-order valence-electron chi connectivity index (χ2n) is 9.27. The Morgan fingerprint density at radius 3 is 2.44 bits per heavy atom. The minimum atomic E-state index is -4.76. The summed E-state index contributed by atoms with van der Waals surface area (Å²) in [5, 5.41) is 6.76. The van der Waals surface area contributed by atoms with E-state index in [4.69, 9.17) is 4.74 Å². The van der Waals surface area contributed by atoms with Crippen molar-refractivity contribution in [3.8, 4) is 11.5 Å². The number of likely N-dealkylation sites (tertiary alicyclic amines) is 1. The predicted molar refractivity (Wildman–Crippen MR) is 144 cm³/mol. The number of nitrogens with zero attached hydrogens (tertiary/aromatic N) is 4. The summed E-state index contributed by atoms with van der Waals surface area (Å²) in [5.41, 5.74) is 1.89. The molecule has 4 aromatic rings. The molecule has 0 spiro atoms. The second-order valence-corrected chi connectivity index (χ2v) is 9.27. The maximum atomic E-state index is 12.6. The van der Waals surface area contributed by atoms with Crippen molar-refractivity contribution in [2.45, 2.75) is 32.0 Å². The third-order valence-electron chi connectivity index (χ3n) is 6.26. The van der Waals surface area contributed by atoms with Crippen LogP contribution in [0.25, 0.3) is 10.9 Å². The quantitative estimate of drug-likeness (QED) is 0.217. The van der Waals surface area contributed by atoms with Gasteiger partial charge in [-0.2, -0.15) is 4.98 Å². The van der Waals surface area contributed by atoms with Crippen molar-refractivity contribution < 1.29 is 22.6 Å². The smallest absolute Gasteiger partial charge is 0.494 e. The standard InChI is InChI=1S/C28H29F3N6O2/c29-28(30,31)39-24-9-10-25-20(18-24)17-22(19-33-25)34-26-11-12-32-27(36-26)35-21-5-7-23(8-6-21)38-16-4-15-37-13-2-1-3-14-37/h5-12,17-19H,1-4,13-16H2,(H2,32,34,35,36). The molecule has 1 aliphatic rings. The van der Waals surface area contributed by atoms with E-state index in [2.05, 4.69) is 35.2 Å². The first-order chi connectivity index (χ1) is 18.9. The number of piperidine rings is 1. The van der Waals surface area contributed by atoms with Gasteiger partial charge in [0, 0.05) is 23.8 Å². The SMILES string of the molecule is FC(F)(F)Oc1ccc2ncc(Nc3ccnc(Nc4ccc(OCCCN5CCCCC5)cc4)n3)cc2c1. The zero-order valence-corrected chi connectivity index (χ0v) is 21.2. The van der Waals surface area contributed by atoms with Gasteiger partial charge in [0.15, 0.2) is 0 Å². The van der Waals surface area contributed by atoms with Crippen LogP contribution in [0.5, 0.6) is 11.5 Å². The third kappa shape index (κ3) is 7.93. The van der Waals surface area contributed by atoms with E-state index >= 15 is 0 Å². The van der Waals surface area contributed by atoms with Gasteiger partial charge < -0.3 is 25.0 Å². The summed E-state index contributed by atoms with van der Waals surface area (Å²) in [6, 6.07) is 15.0. The summed E-state index contributed by atoms with van der Waals surface area (Å²) in [7, 11) is 0. The molecule has 1 fully saturated rings. The predicted octanol–water partition coefficient (Wildman–Crippen LogP) is 6.67. The molecule has 0 unspecified atom stereocenters. The van der Waals surface area contributed by atoms with E-state index in [9.17, 15) is 13.2 Å². The van der Waals surface area contributed by atoms with Crippen molar-refractivity contribution in [3.05, 3.63) is 67.0 Å². The van der Waals surface area contributed by atoms with E-state index in [0.29, 0.717) is 35.0 Å². The number of rotatable bonds is 10. The van der Waals surface area contributed by atoms with Crippen molar-refractivity contribution in [2.75, 3.05) is 36.9 Å². The van der Waals surface area contributed by atoms with E-state index in [1.165, 1.54) is 50.6 Å². The van der Waals surface area contributed by atoms with Crippen LogP contribution in [-0.2, 0) is 0 Å². The average molecular weight is 539 g/mol. The topological polar surface area (TPSA) is 84.4 Å². The molecule has 204 valence electrons. The highest BCUT2D eigenvalue weighted by Gasteiger charge is 2.31. The number of fused-ring (bicyclic) bond motifs is 1. The Hall–Kier alpha value is -4.12. The van der Waals surface area contributed by atoms with Crippen molar-refractivity contribution >= 4 is 34.0 Å². The lowest BCUT2D eigenvalue weighted by atomic mass is 10.1. The minimum Gasteiger partial charge on any atom is -0.494 e. The molecule has 2 N–H and O–H groups in total. The van der Waals surface area contributed by atoms with Gasteiger partial charge in [0.1, 0.15) is 17.3 Å². The number of nitrogens with one attached hydrogen (secondary N) is 2. The van der Waals surface area contributed by atoms with Gasteiger partial charge in [-0.1, -0.05) is 6.42 Å². The number of halogens is 3. The zero-order chi connectivity index (χ0) is 27.1. The van der Waals surface area contributed by atoms with Crippen LogP contribution >= 0.6 is 0 Å². The minimum absolute atomic E-state index is 0.309. The second kappa shape index (κ2) is 12.2.